The first-order chi connectivity index (χ1) is 12.2. The number of rotatable bonds is 5. The fourth-order valence-corrected chi connectivity index (χ4v) is 5.18. The van der Waals surface area contributed by atoms with Crippen LogP contribution in [-0.4, -0.2) is 21.4 Å². The lowest BCUT2D eigenvalue weighted by Crippen LogP contribution is -2.31. The molecular formula is C20H24N2O3S. The molecule has 138 valence electrons. The maximum absolute atomic E-state index is 12.8. The summed E-state index contributed by atoms with van der Waals surface area (Å²) in [6, 6.07) is 10.8. The minimum absolute atomic E-state index is 0.0109. The highest BCUT2D eigenvalue weighted by atomic mass is 32.2. The second kappa shape index (κ2) is 6.43. The highest BCUT2D eigenvalue weighted by Crippen LogP contribution is 2.48. The number of aryl methyl sites for hydroxylation is 3. The van der Waals surface area contributed by atoms with Crippen molar-refractivity contribution in [1.82, 2.24) is 5.32 Å². The van der Waals surface area contributed by atoms with Crippen LogP contribution >= 0.6 is 0 Å². The molecule has 0 atom stereocenters. The number of amides is 1. The van der Waals surface area contributed by atoms with E-state index in [2.05, 4.69) is 10.0 Å². The number of carbonyl (C=O) groups excluding carboxylic acids is 1. The number of hydrogen-bond acceptors (Lipinski definition) is 3. The van der Waals surface area contributed by atoms with Gasteiger partial charge >= 0.3 is 0 Å². The molecule has 0 saturated heterocycles. The topological polar surface area (TPSA) is 75.3 Å². The van der Waals surface area contributed by atoms with Crippen molar-refractivity contribution in [3.63, 3.8) is 0 Å². The van der Waals surface area contributed by atoms with Gasteiger partial charge in [0.1, 0.15) is 0 Å². The van der Waals surface area contributed by atoms with Crippen LogP contribution in [0.15, 0.2) is 41.3 Å². The first-order valence-electron chi connectivity index (χ1n) is 8.63. The molecule has 3 rings (SSSR count). The van der Waals surface area contributed by atoms with Crippen LogP contribution in [0.25, 0.3) is 0 Å². The van der Waals surface area contributed by atoms with E-state index in [4.69, 9.17) is 0 Å². The Labute approximate surface area is 154 Å². The fourth-order valence-electron chi connectivity index (χ4n) is 3.67. The molecule has 2 aromatic rings. The van der Waals surface area contributed by atoms with Gasteiger partial charge in [0.25, 0.3) is 10.0 Å². The van der Waals surface area contributed by atoms with E-state index in [1.165, 1.54) is 0 Å². The molecule has 0 bridgehead atoms. The van der Waals surface area contributed by atoms with Gasteiger partial charge in [-0.1, -0.05) is 29.8 Å². The largest absolute Gasteiger partial charge is 0.358 e. The Morgan fingerprint density at radius 2 is 1.54 bits per heavy atom. The lowest BCUT2D eigenvalue weighted by atomic mass is 9.95. The Kier molecular flexibility index (Phi) is 4.56. The molecule has 0 heterocycles. The normalized spacial score (nSPS) is 15.4. The number of likely N-dealkylation sites (N-methyl/N-ethyl adjacent to an activating group) is 1. The summed E-state index contributed by atoms with van der Waals surface area (Å²) in [5.74, 6) is 0.0109. The maximum atomic E-state index is 12.8. The number of sulfonamides is 1. The minimum Gasteiger partial charge on any atom is -0.358 e. The second-order valence-electron chi connectivity index (χ2n) is 7.07. The number of hydrogen-bond donors (Lipinski definition) is 2. The number of nitrogens with one attached hydrogen (secondary N) is 2. The molecule has 0 aliphatic heterocycles. The standard InChI is InChI=1S/C20H24N2O3S/c1-13-11-14(2)18(15(3)12-13)26(24,25)22-17-7-5-16(6-8-17)20(9-10-20)19(23)21-4/h5-8,11-12,22H,9-10H2,1-4H3,(H,21,23). The predicted octanol–water partition coefficient (Wildman–Crippen LogP) is 3.19. The number of carbonyl (C=O) groups is 1. The summed E-state index contributed by atoms with van der Waals surface area (Å²) in [5, 5.41) is 2.71. The molecule has 1 aliphatic carbocycles. The monoisotopic (exact) mass is 372 g/mol. The van der Waals surface area contributed by atoms with Crippen molar-refractivity contribution in [3.8, 4) is 0 Å². The molecule has 0 unspecified atom stereocenters. The fraction of sp³-hybridized carbons (Fsp3) is 0.350. The maximum Gasteiger partial charge on any atom is 0.262 e. The first-order valence-corrected chi connectivity index (χ1v) is 10.1. The van der Waals surface area contributed by atoms with Crippen LogP contribution in [0.5, 0.6) is 0 Å². The quantitative estimate of drug-likeness (QED) is 0.846. The van der Waals surface area contributed by atoms with Crippen molar-refractivity contribution in [2.24, 2.45) is 0 Å². The van der Waals surface area contributed by atoms with E-state index in [1.807, 2.05) is 31.2 Å². The molecule has 1 amide bonds. The van der Waals surface area contributed by atoms with Gasteiger partial charge in [-0.2, -0.15) is 0 Å². The van der Waals surface area contributed by atoms with Crippen LogP contribution in [0.2, 0.25) is 0 Å². The van der Waals surface area contributed by atoms with Crippen molar-refractivity contribution in [1.29, 1.82) is 0 Å². The van der Waals surface area contributed by atoms with E-state index in [1.54, 1.807) is 33.0 Å². The highest BCUT2D eigenvalue weighted by Gasteiger charge is 2.50. The smallest absolute Gasteiger partial charge is 0.262 e. The Hall–Kier alpha value is -2.34. The molecule has 6 heteroatoms. The SMILES string of the molecule is CNC(=O)C1(c2ccc(NS(=O)(=O)c3c(C)cc(C)cc3C)cc2)CC1. The van der Waals surface area contributed by atoms with Crippen LogP contribution in [0.4, 0.5) is 5.69 Å². The first kappa shape index (κ1) is 18.5. The predicted molar refractivity (Wildman–Crippen MR) is 103 cm³/mol. The third kappa shape index (κ3) is 3.21. The zero-order valence-corrected chi connectivity index (χ0v) is 16.3. The Bertz CT molecular complexity index is 936. The average Bonchev–Trinajstić information content (AvgIpc) is 3.34. The van der Waals surface area contributed by atoms with Crippen LogP contribution < -0.4 is 10.0 Å². The molecule has 1 saturated carbocycles. The van der Waals surface area contributed by atoms with E-state index >= 15 is 0 Å². The summed E-state index contributed by atoms with van der Waals surface area (Å²) in [7, 11) is -2.04. The van der Waals surface area contributed by atoms with Crippen LogP contribution in [0, 0.1) is 20.8 Å². The second-order valence-corrected chi connectivity index (χ2v) is 8.69. The molecule has 0 radical (unpaired) electrons. The minimum atomic E-state index is -3.67. The highest BCUT2D eigenvalue weighted by molar-refractivity contribution is 7.92. The Morgan fingerprint density at radius 1 is 1.00 bits per heavy atom. The number of anilines is 1. The van der Waals surface area contributed by atoms with E-state index in [0.29, 0.717) is 10.6 Å². The molecule has 2 aromatic carbocycles. The summed E-state index contributed by atoms with van der Waals surface area (Å²) in [4.78, 5) is 12.4. The molecule has 2 N–H and O–H groups in total. The van der Waals surface area contributed by atoms with Gasteiger partial charge < -0.3 is 5.32 Å². The summed E-state index contributed by atoms with van der Waals surface area (Å²) in [6.45, 7) is 5.55. The third-order valence-electron chi connectivity index (χ3n) is 4.97. The molecule has 0 spiro atoms. The van der Waals surface area contributed by atoms with Crippen LogP contribution in [0.1, 0.15) is 35.1 Å². The van der Waals surface area contributed by atoms with Gasteiger partial charge in [0, 0.05) is 12.7 Å². The van der Waals surface area contributed by atoms with E-state index in [-0.39, 0.29) is 5.91 Å². The van der Waals surface area contributed by atoms with E-state index < -0.39 is 15.4 Å². The van der Waals surface area contributed by atoms with Crippen molar-refractivity contribution in [3.05, 3.63) is 58.7 Å². The van der Waals surface area contributed by atoms with Gasteiger partial charge in [-0.15, -0.1) is 0 Å². The molecule has 5 nitrogen and oxygen atoms in total. The van der Waals surface area contributed by atoms with Crippen LogP contribution in [-0.2, 0) is 20.2 Å². The molecule has 1 fully saturated rings. The zero-order valence-electron chi connectivity index (χ0n) is 15.5. The Balaban J connectivity index is 1.87. The lowest BCUT2D eigenvalue weighted by molar-refractivity contribution is -0.123. The molecule has 1 aliphatic rings. The number of benzene rings is 2. The van der Waals surface area contributed by atoms with Crippen molar-refractivity contribution >= 4 is 21.6 Å². The zero-order chi connectivity index (χ0) is 19.1. The lowest BCUT2D eigenvalue weighted by Gasteiger charge is -2.16. The van der Waals surface area contributed by atoms with Gasteiger partial charge in [0.15, 0.2) is 0 Å². The molecular weight excluding hydrogens is 348 g/mol. The molecule has 0 aromatic heterocycles. The van der Waals surface area contributed by atoms with Gasteiger partial charge in [-0.05, 0) is 62.4 Å². The van der Waals surface area contributed by atoms with E-state index in [0.717, 1.165) is 35.1 Å². The van der Waals surface area contributed by atoms with Gasteiger partial charge in [-0.25, -0.2) is 8.42 Å². The molecule has 26 heavy (non-hydrogen) atoms. The van der Waals surface area contributed by atoms with Crippen molar-refractivity contribution in [2.45, 2.75) is 43.9 Å². The van der Waals surface area contributed by atoms with Gasteiger partial charge in [0.05, 0.1) is 10.3 Å². The van der Waals surface area contributed by atoms with E-state index in [9.17, 15) is 13.2 Å². The van der Waals surface area contributed by atoms with Crippen molar-refractivity contribution < 1.29 is 13.2 Å². The van der Waals surface area contributed by atoms with Crippen molar-refractivity contribution in [2.75, 3.05) is 11.8 Å². The summed E-state index contributed by atoms with van der Waals surface area (Å²) >= 11 is 0. The van der Waals surface area contributed by atoms with Gasteiger partial charge in [0.2, 0.25) is 5.91 Å². The Morgan fingerprint density at radius 3 is 2.00 bits per heavy atom. The average molecular weight is 372 g/mol. The summed E-state index contributed by atoms with van der Waals surface area (Å²) < 4.78 is 28.3. The summed E-state index contributed by atoms with van der Waals surface area (Å²) in [5.41, 5.74) is 3.44. The van der Waals surface area contributed by atoms with Gasteiger partial charge in [-0.3, -0.25) is 9.52 Å². The summed E-state index contributed by atoms with van der Waals surface area (Å²) in [6.07, 6.45) is 1.64. The third-order valence-corrected chi connectivity index (χ3v) is 6.66. The van der Waals surface area contributed by atoms with Crippen LogP contribution in [0.3, 0.4) is 0 Å².